The van der Waals surface area contributed by atoms with Crippen LogP contribution in [0, 0.1) is 41.5 Å². The zero-order chi connectivity index (χ0) is 35.8. The summed E-state index contributed by atoms with van der Waals surface area (Å²) < 4.78 is 18.9. The fraction of sp³-hybridized carbons (Fsp3) is 0.353. The van der Waals surface area contributed by atoms with Crippen LogP contribution >= 0.6 is 0 Å². The lowest BCUT2D eigenvalue weighted by Gasteiger charge is -2.18. The third kappa shape index (κ3) is 10.1. The van der Waals surface area contributed by atoms with Gasteiger partial charge in [0.1, 0.15) is 12.7 Å². The van der Waals surface area contributed by atoms with E-state index in [4.69, 9.17) is 14.2 Å². The molecule has 2 heterocycles. The van der Waals surface area contributed by atoms with Gasteiger partial charge in [0.15, 0.2) is 0 Å². The van der Waals surface area contributed by atoms with Crippen LogP contribution in [0.2, 0.25) is 0 Å². The second-order valence-corrected chi connectivity index (χ2v) is 11.8. The Hall–Kier alpha value is -5.70. The minimum Gasteiger partial charge on any atom is -0.447 e. The number of amides is 4. The SMILES string of the molecule is Cc1cc(C)n(C(=O)Nc2cc(NC(=O)OCC(C)OCC(C)OC(=O)Nc3ccc(C)c(NC(=O)n4nc(C)cc4C)c3)ccc2C)n1. The lowest BCUT2D eigenvalue weighted by molar-refractivity contribution is -0.0231. The first-order valence-corrected chi connectivity index (χ1v) is 15.6. The van der Waals surface area contributed by atoms with Crippen molar-refractivity contribution in [3.63, 3.8) is 0 Å². The van der Waals surface area contributed by atoms with Gasteiger partial charge in [0.05, 0.1) is 24.1 Å². The molecular formula is C34H42N8O7. The van der Waals surface area contributed by atoms with E-state index in [0.717, 1.165) is 22.5 Å². The molecule has 49 heavy (non-hydrogen) atoms. The third-order valence-electron chi connectivity index (χ3n) is 7.23. The molecule has 0 saturated heterocycles. The number of rotatable bonds is 10. The van der Waals surface area contributed by atoms with Crippen LogP contribution in [-0.4, -0.2) is 69.2 Å². The summed E-state index contributed by atoms with van der Waals surface area (Å²) in [5.74, 6) is 0. The molecule has 0 radical (unpaired) electrons. The van der Waals surface area contributed by atoms with Crippen molar-refractivity contribution < 1.29 is 33.4 Å². The number of carbonyl (C=O) groups is 4. The number of hydrogen-bond donors (Lipinski definition) is 4. The predicted molar refractivity (Wildman–Crippen MR) is 185 cm³/mol. The molecule has 15 nitrogen and oxygen atoms in total. The van der Waals surface area contributed by atoms with Crippen molar-refractivity contribution in [3.8, 4) is 0 Å². The molecule has 4 aromatic rings. The summed E-state index contributed by atoms with van der Waals surface area (Å²) in [7, 11) is 0. The van der Waals surface area contributed by atoms with Gasteiger partial charge in [-0.2, -0.15) is 19.6 Å². The van der Waals surface area contributed by atoms with E-state index in [9.17, 15) is 19.2 Å². The highest BCUT2D eigenvalue weighted by molar-refractivity contribution is 5.94. The van der Waals surface area contributed by atoms with Gasteiger partial charge in [-0.3, -0.25) is 10.6 Å². The van der Waals surface area contributed by atoms with E-state index in [1.54, 1.807) is 90.1 Å². The molecule has 0 aliphatic rings. The van der Waals surface area contributed by atoms with Crippen molar-refractivity contribution >= 4 is 47.0 Å². The highest BCUT2D eigenvalue weighted by Crippen LogP contribution is 2.22. The van der Waals surface area contributed by atoms with E-state index in [-0.39, 0.29) is 13.2 Å². The van der Waals surface area contributed by atoms with E-state index >= 15 is 0 Å². The number of aryl methyl sites for hydroxylation is 6. The van der Waals surface area contributed by atoms with Crippen LogP contribution < -0.4 is 21.3 Å². The third-order valence-corrected chi connectivity index (χ3v) is 7.23. The molecule has 0 saturated carbocycles. The zero-order valence-electron chi connectivity index (χ0n) is 28.8. The molecule has 0 bridgehead atoms. The van der Waals surface area contributed by atoms with Gasteiger partial charge in [-0.15, -0.1) is 0 Å². The number of ether oxygens (including phenoxy) is 3. The van der Waals surface area contributed by atoms with E-state index in [1.165, 1.54) is 9.36 Å². The Morgan fingerprint density at radius 3 is 1.55 bits per heavy atom. The van der Waals surface area contributed by atoms with Gasteiger partial charge in [0.25, 0.3) is 0 Å². The fourth-order valence-electron chi connectivity index (χ4n) is 4.73. The van der Waals surface area contributed by atoms with Crippen molar-refractivity contribution in [1.82, 2.24) is 19.6 Å². The minimum atomic E-state index is -0.706. The second-order valence-electron chi connectivity index (χ2n) is 11.8. The van der Waals surface area contributed by atoms with Crippen molar-refractivity contribution in [2.45, 2.75) is 67.6 Å². The maximum Gasteiger partial charge on any atom is 0.411 e. The molecule has 2 aromatic carbocycles. The first-order valence-electron chi connectivity index (χ1n) is 15.6. The van der Waals surface area contributed by atoms with Crippen LogP contribution in [-0.2, 0) is 14.2 Å². The lowest BCUT2D eigenvalue weighted by atomic mass is 10.2. The maximum absolute atomic E-state index is 12.7. The number of hydrogen-bond acceptors (Lipinski definition) is 9. The predicted octanol–water partition coefficient (Wildman–Crippen LogP) is 6.68. The van der Waals surface area contributed by atoms with E-state index in [2.05, 4.69) is 31.5 Å². The summed E-state index contributed by atoms with van der Waals surface area (Å²) in [4.78, 5) is 50.4. The fourth-order valence-corrected chi connectivity index (χ4v) is 4.73. The van der Waals surface area contributed by atoms with Gasteiger partial charge in [-0.1, -0.05) is 12.1 Å². The van der Waals surface area contributed by atoms with Crippen LogP contribution in [0.1, 0.15) is 47.8 Å². The van der Waals surface area contributed by atoms with Crippen molar-refractivity contribution in [1.29, 1.82) is 0 Å². The van der Waals surface area contributed by atoms with Crippen LogP contribution in [0.4, 0.5) is 41.9 Å². The molecule has 0 aliphatic heterocycles. The molecule has 260 valence electrons. The van der Waals surface area contributed by atoms with Gasteiger partial charge in [-0.25, -0.2) is 19.2 Å². The number of aromatic nitrogens is 4. The van der Waals surface area contributed by atoms with Crippen molar-refractivity contribution in [3.05, 3.63) is 82.4 Å². The standard InChI is InChI=1S/C34H42N8O7/c1-19-9-11-27(15-29(19)37-31(43)41-23(5)13-21(3)39-41)35-33(45)48-17-25(7)47-18-26(8)49-34(46)36-28-12-10-20(2)30(16-28)38-32(44)42-24(6)14-22(4)40-42/h9-16,25-26H,17-18H2,1-8H3,(H,35,45)(H,36,46)(H,37,43)(H,38,44). The summed E-state index contributed by atoms with van der Waals surface area (Å²) in [6.07, 6.45) is -2.54. The van der Waals surface area contributed by atoms with E-state index in [0.29, 0.717) is 34.1 Å². The van der Waals surface area contributed by atoms with E-state index < -0.39 is 36.5 Å². The summed E-state index contributed by atoms with van der Waals surface area (Å²) in [6, 6.07) is 12.9. The minimum absolute atomic E-state index is 0.0493. The Kier molecular flexibility index (Phi) is 11.7. The lowest BCUT2D eigenvalue weighted by Crippen LogP contribution is -2.28. The van der Waals surface area contributed by atoms with Gasteiger partial charge < -0.3 is 24.8 Å². The average molecular weight is 675 g/mol. The molecule has 0 spiro atoms. The highest BCUT2D eigenvalue weighted by atomic mass is 16.6. The maximum atomic E-state index is 12.7. The van der Waals surface area contributed by atoms with Crippen molar-refractivity contribution in [2.75, 3.05) is 34.5 Å². The molecule has 2 unspecified atom stereocenters. The van der Waals surface area contributed by atoms with Crippen LogP contribution in [0.5, 0.6) is 0 Å². The molecule has 4 rings (SSSR count). The van der Waals surface area contributed by atoms with Gasteiger partial charge in [0.2, 0.25) is 0 Å². The molecule has 4 amide bonds. The molecule has 2 aromatic heterocycles. The van der Waals surface area contributed by atoms with Gasteiger partial charge >= 0.3 is 24.2 Å². The van der Waals surface area contributed by atoms with Crippen molar-refractivity contribution in [2.24, 2.45) is 0 Å². The molecule has 0 fully saturated rings. The topological polar surface area (TPSA) is 180 Å². The summed E-state index contributed by atoms with van der Waals surface area (Å²) in [6.45, 7) is 14.2. The van der Waals surface area contributed by atoms with Gasteiger partial charge in [0, 0.05) is 34.1 Å². The van der Waals surface area contributed by atoms with E-state index in [1.807, 2.05) is 13.8 Å². The summed E-state index contributed by atoms with van der Waals surface area (Å²) >= 11 is 0. The average Bonchev–Trinajstić information content (AvgIpc) is 3.56. The normalized spacial score (nSPS) is 12.1. The van der Waals surface area contributed by atoms with Crippen LogP contribution in [0.3, 0.4) is 0 Å². The van der Waals surface area contributed by atoms with Crippen LogP contribution in [0.25, 0.3) is 0 Å². The molecular weight excluding hydrogens is 632 g/mol. The Labute approximate surface area is 284 Å². The number of nitrogens with zero attached hydrogens (tertiary/aromatic N) is 4. The molecule has 4 N–H and O–H groups in total. The Morgan fingerprint density at radius 2 is 1.10 bits per heavy atom. The number of anilines is 4. The largest absolute Gasteiger partial charge is 0.447 e. The summed E-state index contributed by atoms with van der Waals surface area (Å²) in [5.41, 5.74) is 6.30. The van der Waals surface area contributed by atoms with Crippen LogP contribution in [0.15, 0.2) is 48.5 Å². The van der Waals surface area contributed by atoms with Gasteiger partial charge in [-0.05, 0) is 103 Å². The monoisotopic (exact) mass is 674 g/mol. The highest BCUT2D eigenvalue weighted by Gasteiger charge is 2.17. The molecule has 15 heteroatoms. The molecule has 0 aliphatic carbocycles. The molecule has 2 atom stereocenters. The summed E-state index contributed by atoms with van der Waals surface area (Å²) in [5, 5.41) is 19.3. The second kappa shape index (κ2) is 15.9. The first kappa shape index (κ1) is 36.1. The Morgan fingerprint density at radius 1 is 0.633 bits per heavy atom. The quantitative estimate of drug-likeness (QED) is 0.143. The zero-order valence-corrected chi connectivity index (χ0v) is 28.8. The first-order chi connectivity index (χ1) is 23.2. The smallest absolute Gasteiger partial charge is 0.411 e. The number of benzene rings is 2. The Balaban J connectivity index is 1.19. The number of carbonyl (C=O) groups excluding carboxylic acids is 4. The number of nitrogens with one attached hydrogen (secondary N) is 4. The Bertz CT molecular complexity index is 1850.